The molecule has 0 amide bonds. The van der Waals surface area contributed by atoms with Crippen molar-refractivity contribution in [2.45, 2.75) is 23.3 Å². The lowest BCUT2D eigenvalue weighted by atomic mass is 10.1. The lowest BCUT2D eigenvalue weighted by molar-refractivity contribution is -0.290. The van der Waals surface area contributed by atoms with Crippen molar-refractivity contribution in [1.29, 1.82) is 0 Å². The molecular weight excluding hydrogens is 348 g/mol. The number of fused-ring (bicyclic) bond motifs is 1. The first-order chi connectivity index (χ1) is 7.92. The van der Waals surface area contributed by atoms with E-state index in [-0.39, 0.29) is 11.5 Å². The number of rotatable bonds is 2. The van der Waals surface area contributed by atoms with Crippen molar-refractivity contribution in [1.82, 2.24) is 0 Å². The Bertz CT molecular complexity index is 464. The normalized spacial score (nSPS) is 25.6. The molecule has 94 valence electrons. The van der Waals surface area contributed by atoms with Crippen molar-refractivity contribution < 1.29 is 22.6 Å². The Labute approximate surface area is 106 Å². The Hall–Kier alpha value is -0.790. The summed E-state index contributed by atoms with van der Waals surface area (Å²) >= 11 is -1.74. The third-order valence-corrected chi connectivity index (χ3v) is 4.23. The molecule has 1 atom stereocenters. The van der Waals surface area contributed by atoms with Gasteiger partial charge in [0.1, 0.15) is 0 Å². The molecular formula is C11H10F3IO2. The molecule has 0 radical (unpaired) electrons. The molecule has 0 bridgehead atoms. The Balaban J connectivity index is 2.47. The minimum atomic E-state index is -3.98. The van der Waals surface area contributed by atoms with Crippen LogP contribution in [-0.2, 0) is 6.42 Å². The molecule has 6 heteroatoms. The number of hydrogen-bond acceptors (Lipinski definition) is 2. The molecule has 0 aliphatic carbocycles. The Kier molecular flexibility index (Phi) is 3.09. The molecule has 0 N–H and O–H groups in total. The fourth-order valence-corrected chi connectivity index (χ4v) is 2.38. The van der Waals surface area contributed by atoms with E-state index in [2.05, 4.69) is 9.25 Å². The molecule has 1 aliphatic rings. The number of alkyl halides is 4. The summed E-state index contributed by atoms with van der Waals surface area (Å²) < 4.78 is 49.9. The second kappa shape index (κ2) is 4.15. The van der Waals surface area contributed by atoms with Crippen LogP contribution in [0.1, 0.15) is 12.5 Å². The highest BCUT2D eigenvalue weighted by Gasteiger charge is 2.62. The van der Waals surface area contributed by atoms with Crippen molar-refractivity contribution in [3.63, 3.8) is 0 Å². The molecule has 2 rings (SSSR count). The molecule has 0 aromatic heterocycles. The molecule has 1 unspecified atom stereocenters. The number of halogens is 4. The second-order valence-corrected chi connectivity index (χ2v) is 5.66. The molecule has 1 heterocycles. The standard InChI is InChI=1S/C11H10F3IO2/c1-3-7-4-5-8-9(6-7)17-11(14,15-2)10(12,13)16-8/h4-6H,2-3H2,1H3. The van der Waals surface area contributed by atoms with E-state index in [0.717, 1.165) is 5.56 Å². The smallest absolute Gasteiger partial charge is 0.438 e. The SMILES string of the molecule is C=IC1(F)Oc2cc(CC)ccc2OC1(F)F. The number of ether oxygens (including phenoxy) is 2. The minimum absolute atomic E-state index is 0.0149. The van der Waals surface area contributed by atoms with Crippen LogP contribution in [0, 0.1) is 0 Å². The highest BCUT2D eigenvalue weighted by atomic mass is 127. The Morgan fingerprint density at radius 2 is 1.94 bits per heavy atom. The molecule has 0 spiro atoms. The lowest BCUT2D eigenvalue weighted by Gasteiger charge is -2.35. The van der Waals surface area contributed by atoms with Crippen molar-refractivity contribution in [2.75, 3.05) is 0 Å². The van der Waals surface area contributed by atoms with Gasteiger partial charge < -0.3 is 9.47 Å². The van der Waals surface area contributed by atoms with Gasteiger partial charge in [0.15, 0.2) is 11.5 Å². The third-order valence-electron chi connectivity index (χ3n) is 2.40. The first-order valence-electron chi connectivity index (χ1n) is 4.89. The first kappa shape index (κ1) is 12.7. The summed E-state index contributed by atoms with van der Waals surface area (Å²) in [5.41, 5.74) is 0.863. The van der Waals surface area contributed by atoms with Gasteiger partial charge in [0.25, 0.3) is 0 Å². The number of benzene rings is 1. The summed E-state index contributed by atoms with van der Waals surface area (Å²) in [6, 6.07) is 4.52. The van der Waals surface area contributed by atoms with Crippen LogP contribution < -0.4 is 9.47 Å². The monoisotopic (exact) mass is 358 g/mol. The van der Waals surface area contributed by atoms with Gasteiger partial charge in [-0.1, -0.05) is 17.5 Å². The van der Waals surface area contributed by atoms with Crippen molar-refractivity contribution >= 4 is 25.2 Å². The maximum atomic E-state index is 13.9. The van der Waals surface area contributed by atoms with Gasteiger partial charge >= 0.3 is 9.97 Å². The van der Waals surface area contributed by atoms with Crippen LogP contribution in [0.3, 0.4) is 0 Å². The summed E-state index contributed by atoms with van der Waals surface area (Å²) in [6.45, 7) is 1.90. The van der Waals surface area contributed by atoms with Crippen LogP contribution in [0.25, 0.3) is 0 Å². The van der Waals surface area contributed by atoms with Crippen LogP contribution in [-0.4, -0.2) is 14.5 Å². The van der Waals surface area contributed by atoms with E-state index in [1.807, 2.05) is 6.92 Å². The summed E-state index contributed by atoms with van der Waals surface area (Å²) in [7, 11) is 0. The average Bonchev–Trinajstić information content (AvgIpc) is 2.29. The van der Waals surface area contributed by atoms with Crippen LogP contribution >= 0.6 is 20.7 Å². The molecule has 17 heavy (non-hydrogen) atoms. The van der Waals surface area contributed by atoms with Gasteiger partial charge in [0.05, 0.1) is 0 Å². The number of hydrogen-bond donors (Lipinski definition) is 0. The predicted molar refractivity (Wildman–Crippen MR) is 67.0 cm³/mol. The molecule has 0 saturated heterocycles. The zero-order valence-corrected chi connectivity index (χ0v) is 11.1. The van der Waals surface area contributed by atoms with E-state index < -0.39 is 30.7 Å². The van der Waals surface area contributed by atoms with Gasteiger partial charge in [0, 0.05) is 0 Å². The maximum absolute atomic E-state index is 13.9. The minimum Gasteiger partial charge on any atom is -0.438 e. The fourth-order valence-electron chi connectivity index (χ4n) is 1.44. The molecule has 1 aliphatic heterocycles. The van der Waals surface area contributed by atoms with Crippen LogP contribution in [0.2, 0.25) is 0 Å². The van der Waals surface area contributed by atoms with E-state index >= 15 is 0 Å². The largest absolute Gasteiger partial charge is 0.481 e. The first-order valence-corrected chi connectivity index (χ1v) is 7.49. The zero-order chi connectivity index (χ0) is 12.7. The molecule has 2 nitrogen and oxygen atoms in total. The van der Waals surface area contributed by atoms with Gasteiger partial charge in [-0.15, -0.1) is 0 Å². The van der Waals surface area contributed by atoms with E-state index in [1.165, 1.54) is 12.1 Å². The second-order valence-electron chi connectivity index (χ2n) is 3.51. The van der Waals surface area contributed by atoms with Crippen molar-refractivity contribution in [2.24, 2.45) is 0 Å². The quantitative estimate of drug-likeness (QED) is 0.594. The van der Waals surface area contributed by atoms with Gasteiger partial charge in [-0.05, 0) is 44.8 Å². The van der Waals surface area contributed by atoms with Crippen LogP contribution in [0.5, 0.6) is 11.5 Å². The molecule has 1 aromatic carbocycles. The highest BCUT2D eigenvalue weighted by Crippen LogP contribution is 2.50. The van der Waals surface area contributed by atoms with Crippen molar-refractivity contribution in [3.8, 4) is 11.5 Å². The Morgan fingerprint density at radius 3 is 2.53 bits per heavy atom. The van der Waals surface area contributed by atoms with Crippen LogP contribution in [0.15, 0.2) is 18.2 Å². The maximum Gasteiger partial charge on any atom is 0.481 e. The molecule has 0 fully saturated rings. The van der Waals surface area contributed by atoms with E-state index in [4.69, 9.17) is 4.74 Å². The van der Waals surface area contributed by atoms with Crippen LogP contribution in [0.4, 0.5) is 13.2 Å². The van der Waals surface area contributed by atoms with E-state index in [0.29, 0.717) is 6.42 Å². The zero-order valence-electron chi connectivity index (χ0n) is 8.97. The van der Waals surface area contributed by atoms with Gasteiger partial charge in [-0.3, -0.25) is 0 Å². The molecule has 1 aromatic rings. The molecule has 0 saturated carbocycles. The van der Waals surface area contributed by atoms with Crippen molar-refractivity contribution in [3.05, 3.63) is 23.8 Å². The van der Waals surface area contributed by atoms with E-state index in [1.54, 1.807) is 6.07 Å². The highest BCUT2D eigenvalue weighted by molar-refractivity contribution is 14.2. The predicted octanol–water partition coefficient (Wildman–Crippen LogP) is 3.64. The summed E-state index contributed by atoms with van der Waals surface area (Å²) in [6.07, 6.45) is -3.28. The lowest BCUT2D eigenvalue weighted by Crippen LogP contribution is -2.51. The average molecular weight is 358 g/mol. The van der Waals surface area contributed by atoms with Gasteiger partial charge in [-0.2, -0.15) is 13.2 Å². The van der Waals surface area contributed by atoms with Gasteiger partial charge in [-0.25, -0.2) is 0 Å². The third kappa shape index (κ3) is 2.02. The summed E-state index contributed by atoms with van der Waals surface area (Å²) in [5.74, 6) is -0.126. The van der Waals surface area contributed by atoms with E-state index in [9.17, 15) is 13.2 Å². The van der Waals surface area contributed by atoms with Gasteiger partial charge in [0.2, 0.25) is 0 Å². The topological polar surface area (TPSA) is 18.5 Å². The Morgan fingerprint density at radius 1 is 1.24 bits per heavy atom. The summed E-state index contributed by atoms with van der Waals surface area (Å²) in [5, 5.41) is 0. The number of aryl methyl sites for hydroxylation is 1. The summed E-state index contributed by atoms with van der Waals surface area (Å²) in [4.78, 5) is 0. The fraction of sp³-hybridized carbons (Fsp3) is 0.364.